The average Bonchev–Trinajstić information content (AvgIpc) is 2.18. The van der Waals surface area contributed by atoms with Crippen LogP contribution < -0.4 is 10.6 Å². The zero-order chi connectivity index (χ0) is 11.5. The van der Waals surface area contributed by atoms with Gasteiger partial charge in [0.05, 0.1) is 6.04 Å². The van der Waals surface area contributed by atoms with E-state index < -0.39 is 12.5 Å². The lowest BCUT2D eigenvalue weighted by Gasteiger charge is -2.32. The maximum Gasteiger partial charge on any atom is 0.257 e. The SMILES string of the molecule is Cc1ccc(C(NC2CNC2)C(F)F)cc1. The lowest BCUT2D eigenvalue weighted by Crippen LogP contribution is -2.56. The van der Waals surface area contributed by atoms with Gasteiger partial charge in [-0.2, -0.15) is 0 Å². The van der Waals surface area contributed by atoms with Gasteiger partial charge in [-0.05, 0) is 12.5 Å². The number of alkyl halides is 2. The van der Waals surface area contributed by atoms with Crippen LogP contribution in [0, 0.1) is 6.92 Å². The van der Waals surface area contributed by atoms with E-state index in [0.29, 0.717) is 5.56 Å². The molecule has 2 nitrogen and oxygen atoms in total. The Kier molecular flexibility index (Phi) is 3.51. The fourth-order valence-corrected chi connectivity index (χ4v) is 1.75. The standard InChI is InChI=1S/C12H16F2N2/c1-8-2-4-9(5-3-8)11(12(13)14)16-10-6-15-7-10/h2-5,10-12,15-16H,6-7H2,1H3. The van der Waals surface area contributed by atoms with E-state index in [1.54, 1.807) is 12.1 Å². The van der Waals surface area contributed by atoms with Crippen LogP contribution in [0.2, 0.25) is 0 Å². The topological polar surface area (TPSA) is 24.1 Å². The van der Waals surface area contributed by atoms with Crippen molar-refractivity contribution in [1.82, 2.24) is 10.6 Å². The highest BCUT2D eigenvalue weighted by Gasteiger charge is 2.27. The predicted octanol–water partition coefficient (Wildman–Crippen LogP) is 1.86. The smallest absolute Gasteiger partial charge is 0.257 e. The number of aryl methyl sites for hydroxylation is 1. The minimum Gasteiger partial charge on any atom is -0.314 e. The van der Waals surface area contributed by atoms with Crippen molar-refractivity contribution in [2.24, 2.45) is 0 Å². The molecule has 1 aliphatic rings. The summed E-state index contributed by atoms with van der Waals surface area (Å²) in [5.74, 6) is 0. The Labute approximate surface area is 94.0 Å². The van der Waals surface area contributed by atoms with E-state index in [0.717, 1.165) is 18.7 Å². The molecule has 0 aromatic heterocycles. The molecular formula is C12H16F2N2. The van der Waals surface area contributed by atoms with E-state index in [1.807, 2.05) is 19.1 Å². The van der Waals surface area contributed by atoms with Crippen LogP contribution in [0.15, 0.2) is 24.3 Å². The number of benzene rings is 1. The lowest BCUT2D eigenvalue weighted by molar-refractivity contribution is 0.0868. The summed E-state index contributed by atoms with van der Waals surface area (Å²) in [6, 6.07) is 6.58. The summed E-state index contributed by atoms with van der Waals surface area (Å²) in [5.41, 5.74) is 1.74. The van der Waals surface area contributed by atoms with E-state index in [-0.39, 0.29) is 6.04 Å². The van der Waals surface area contributed by atoms with Crippen LogP contribution in [0.5, 0.6) is 0 Å². The molecule has 1 atom stereocenters. The number of rotatable bonds is 4. The Morgan fingerprint density at radius 3 is 2.31 bits per heavy atom. The van der Waals surface area contributed by atoms with Crippen molar-refractivity contribution in [3.8, 4) is 0 Å². The summed E-state index contributed by atoms with van der Waals surface area (Å²) in [7, 11) is 0. The Hall–Kier alpha value is -1.00. The number of nitrogens with one attached hydrogen (secondary N) is 2. The molecule has 2 N–H and O–H groups in total. The highest BCUT2D eigenvalue weighted by Crippen LogP contribution is 2.22. The summed E-state index contributed by atoms with van der Waals surface area (Å²) in [4.78, 5) is 0. The first-order valence-electron chi connectivity index (χ1n) is 5.48. The van der Waals surface area contributed by atoms with Crippen molar-refractivity contribution in [3.05, 3.63) is 35.4 Å². The van der Waals surface area contributed by atoms with Crippen LogP contribution in [-0.2, 0) is 0 Å². The molecule has 0 radical (unpaired) electrons. The fraction of sp³-hybridized carbons (Fsp3) is 0.500. The third-order valence-corrected chi connectivity index (χ3v) is 2.89. The first-order chi connectivity index (χ1) is 7.66. The van der Waals surface area contributed by atoms with Crippen molar-refractivity contribution in [2.45, 2.75) is 25.4 Å². The predicted molar refractivity (Wildman–Crippen MR) is 59.7 cm³/mol. The minimum absolute atomic E-state index is 0.167. The summed E-state index contributed by atoms with van der Waals surface area (Å²) >= 11 is 0. The third-order valence-electron chi connectivity index (χ3n) is 2.89. The second kappa shape index (κ2) is 4.89. The fourth-order valence-electron chi connectivity index (χ4n) is 1.75. The molecule has 1 fully saturated rings. The van der Waals surface area contributed by atoms with E-state index in [9.17, 15) is 8.78 Å². The molecule has 1 unspecified atom stereocenters. The van der Waals surface area contributed by atoms with Crippen LogP contribution >= 0.6 is 0 Å². The molecule has 2 rings (SSSR count). The van der Waals surface area contributed by atoms with E-state index >= 15 is 0 Å². The zero-order valence-corrected chi connectivity index (χ0v) is 9.21. The van der Waals surface area contributed by atoms with Gasteiger partial charge in [-0.3, -0.25) is 5.32 Å². The molecule has 0 amide bonds. The van der Waals surface area contributed by atoms with Crippen molar-refractivity contribution in [2.75, 3.05) is 13.1 Å². The van der Waals surface area contributed by atoms with E-state index in [2.05, 4.69) is 10.6 Å². The van der Waals surface area contributed by atoms with Gasteiger partial charge in [0.25, 0.3) is 6.43 Å². The number of hydrogen-bond acceptors (Lipinski definition) is 2. The molecule has 1 aliphatic heterocycles. The van der Waals surface area contributed by atoms with Gasteiger partial charge in [0.1, 0.15) is 0 Å². The van der Waals surface area contributed by atoms with Crippen molar-refractivity contribution in [3.63, 3.8) is 0 Å². The Morgan fingerprint density at radius 1 is 1.25 bits per heavy atom. The normalized spacial score (nSPS) is 18.5. The van der Waals surface area contributed by atoms with Gasteiger partial charge >= 0.3 is 0 Å². The van der Waals surface area contributed by atoms with Crippen molar-refractivity contribution >= 4 is 0 Å². The van der Waals surface area contributed by atoms with Crippen molar-refractivity contribution < 1.29 is 8.78 Å². The monoisotopic (exact) mass is 226 g/mol. The zero-order valence-electron chi connectivity index (χ0n) is 9.21. The molecule has 16 heavy (non-hydrogen) atoms. The molecule has 4 heteroatoms. The summed E-state index contributed by atoms with van der Waals surface area (Å²) < 4.78 is 25.8. The highest BCUT2D eigenvalue weighted by molar-refractivity contribution is 5.24. The second-order valence-corrected chi connectivity index (χ2v) is 4.24. The molecule has 0 bridgehead atoms. The molecular weight excluding hydrogens is 210 g/mol. The van der Waals surface area contributed by atoms with Gasteiger partial charge in [0, 0.05) is 19.1 Å². The minimum atomic E-state index is -2.37. The van der Waals surface area contributed by atoms with Gasteiger partial charge in [0.15, 0.2) is 0 Å². The van der Waals surface area contributed by atoms with Gasteiger partial charge < -0.3 is 5.32 Å². The van der Waals surface area contributed by atoms with E-state index in [4.69, 9.17) is 0 Å². The lowest BCUT2D eigenvalue weighted by atomic mass is 10.0. The summed E-state index contributed by atoms with van der Waals surface area (Å²) in [6.45, 7) is 3.49. The molecule has 0 saturated carbocycles. The number of halogens is 2. The second-order valence-electron chi connectivity index (χ2n) is 4.24. The average molecular weight is 226 g/mol. The molecule has 1 aromatic carbocycles. The van der Waals surface area contributed by atoms with Crippen LogP contribution in [0.3, 0.4) is 0 Å². The summed E-state index contributed by atoms with van der Waals surface area (Å²) in [6.07, 6.45) is -2.37. The largest absolute Gasteiger partial charge is 0.314 e. The first-order valence-corrected chi connectivity index (χ1v) is 5.48. The maximum absolute atomic E-state index is 12.9. The molecule has 0 aliphatic carbocycles. The Morgan fingerprint density at radius 2 is 1.88 bits per heavy atom. The third kappa shape index (κ3) is 2.57. The maximum atomic E-state index is 12.9. The molecule has 1 saturated heterocycles. The first kappa shape index (κ1) is 11.5. The highest BCUT2D eigenvalue weighted by atomic mass is 19.3. The number of hydrogen-bond donors (Lipinski definition) is 2. The quantitative estimate of drug-likeness (QED) is 0.819. The van der Waals surface area contributed by atoms with Crippen molar-refractivity contribution in [1.29, 1.82) is 0 Å². The molecule has 0 spiro atoms. The van der Waals surface area contributed by atoms with Crippen LogP contribution in [0.4, 0.5) is 8.78 Å². The molecule has 1 heterocycles. The van der Waals surface area contributed by atoms with Gasteiger partial charge in [0.2, 0.25) is 0 Å². The van der Waals surface area contributed by atoms with Crippen LogP contribution in [0.1, 0.15) is 17.2 Å². The van der Waals surface area contributed by atoms with Gasteiger partial charge in [-0.1, -0.05) is 29.8 Å². The molecule has 1 aromatic rings. The Bertz CT molecular complexity index is 333. The van der Waals surface area contributed by atoms with Crippen LogP contribution in [0.25, 0.3) is 0 Å². The summed E-state index contributed by atoms with van der Waals surface area (Å²) in [5, 5.41) is 6.03. The Balaban J connectivity index is 2.08. The van der Waals surface area contributed by atoms with E-state index in [1.165, 1.54) is 0 Å². The van der Waals surface area contributed by atoms with Gasteiger partial charge in [-0.25, -0.2) is 8.78 Å². The molecule has 88 valence electrons. The van der Waals surface area contributed by atoms with Gasteiger partial charge in [-0.15, -0.1) is 0 Å². The van der Waals surface area contributed by atoms with Crippen LogP contribution in [-0.4, -0.2) is 25.6 Å².